The van der Waals surface area contributed by atoms with Crippen molar-refractivity contribution < 1.29 is 9.47 Å². The molecule has 202 valence electrons. The standard InChI is InChI=1S/C33H33N5O2/c34-27-6-15-32(16-7-27)39-30-11-2-24(3-12-30)19-36-21-26-1-10-29(38-22-26)23-37-20-25-4-13-31(14-5-25)40-33-17-8-28(35)9-18-33/h1-18,22,36-37H,19-21,23,34-35H2. The summed E-state index contributed by atoms with van der Waals surface area (Å²) in [6.45, 7) is 2.95. The molecule has 4 aromatic carbocycles. The van der Waals surface area contributed by atoms with Gasteiger partial charge in [-0.15, -0.1) is 0 Å². The summed E-state index contributed by atoms with van der Waals surface area (Å²) < 4.78 is 11.7. The first kappa shape index (κ1) is 26.7. The van der Waals surface area contributed by atoms with E-state index in [1.165, 1.54) is 11.1 Å². The Balaban J connectivity index is 1.00. The first-order valence-electron chi connectivity index (χ1n) is 13.2. The van der Waals surface area contributed by atoms with Gasteiger partial charge in [-0.25, -0.2) is 0 Å². The molecule has 0 atom stereocenters. The van der Waals surface area contributed by atoms with Gasteiger partial charge >= 0.3 is 0 Å². The maximum atomic E-state index is 5.86. The third-order valence-corrected chi connectivity index (χ3v) is 6.26. The van der Waals surface area contributed by atoms with Crippen molar-refractivity contribution in [2.45, 2.75) is 26.2 Å². The van der Waals surface area contributed by atoms with E-state index in [4.69, 9.17) is 20.9 Å². The lowest BCUT2D eigenvalue weighted by Gasteiger charge is -2.09. The Morgan fingerprint density at radius 3 is 1.25 bits per heavy atom. The molecule has 7 heteroatoms. The number of pyridine rings is 1. The average molecular weight is 532 g/mol. The normalized spacial score (nSPS) is 10.8. The molecular weight excluding hydrogens is 498 g/mol. The lowest BCUT2D eigenvalue weighted by Crippen LogP contribution is -2.15. The van der Waals surface area contributed by atoms with Gasteiger partial charge in [-0.1, -0.05) is 30.3 Å². The van der Waals surface area contributed by atoms with E-state index in [2.05, 4.69) is 52.0 Å². The average Bonchev–Trinajstić information content (AvgIpc) is 2.98. The molecule has 0 aliphatic carbocycles. The van der Waals surface area contributed by atoms with Crippen LogP contribution in [0.1, 0.15) is 22.4 Å². The Morgan fingerprint density at radius 2 is 0.825 bits per heavy atom. The fourth-order valence-electron chi connectivity index (χ4n) is 4.04. The van der Waals surface area contributed by atoms with Crippen molar-refractivity contribution in [2.24, 2.45) is 0 Å². The summed E-state index contributed by atoms with van der Waals surface area (Å²) in [7, 11) is 0. The summed E-state index contributed by atoms with van der Waals surface area (Å²) in [6.07, 6.45) is 1.93. The fraction of sp³-hybridized carbons (Fsp3) is 0.121. The van der Waals surface area contributed by atoms with Crippen molar-refractivity contribution in [3.05, 3.63) is 138 Å². The van der Waals surface area contributed by atoms with Crippen LogP contribution in [-0.2, 0) is 26.2 Å². The van der Waals surface area contributed by atoms with E-state index in [1.807, 2.05) is 79.0 Å². The maximum absolute atomic E-state index is 5.86. The van der Waals surface area contributed by atoms with Crippen molar-refractivity contribution in [1.29, 1.82) is 0 Å². The number of hydrogen-bond donors (Lipinski definition) is 4. The zero-order valence-electron chi connectivity index (χ0n) is 22.2. The Morgan fingerprint density at radius 1 is 0.450 bits per heavy atom. The highest BCUT2D eigenvalue weighted by molar-refractivity contribution is 5.44. The third kappa shape index (κ3) is 8.07. The zero-order chi connectivity index (χ0) is 27.6. The number of benzene rings is 4. The number of hydrogen-bond acceptors (Lipinski definition) is 7. The molecular formula is C33H33N5O2. The molecule has 0 radical (unpaired) electrons. The van der Waals surface area contributed by atoms with Crippen LogP contribution in [0.15, 0.2) is 115 Å². The van der Waals surface area contributed by atoms with Crippen LogP contribution in [0.5, 0.6) is 23.0 Å². The lowest BCUT2D eigenvalue weighted by atomic mass is 10.2. The number of nitrogens with two attached hydrogens (primary N) is 2. The van der Waals surface area contributed by atoms with E-state index in [9.17, 15) is 0 Å². The third-order valence-electron chi connectivity index (χ3n) is 6.26. The number of nitrogens with one attached hydrogen (secondary N) is 2. The molecule has 0 saturated carbocycles. The van der Waals surface area contributed by atoms with Crippen LogP contribution in [0.2, 0.25) is 0 Å². The van der Waals surface area contributed by atoms with Gasteiger partial charge in [0.15, 0.2) is 0 Å². The van der Waals surface area contributed by atoms with Crippen LogP contribution >= 0.6 is 0 Å². The van der Waals surface area contributed by atoms with Gasteiger partial charge in [0.05, 0.1) is 5.69 Å². The highest BCUT2D eigenvalue weighted by Crippen LogP contribution is 2.24. The smallest absolute Gasteiger partial charge is 0.127 e. The van der Waals surface area contributed by atoms with Gasteiger partial charge in [-0.2, -0.15) is 0 Å². The number of anilines is 2. The Labute approximate surface area is 234 Å². The first-order chi connectivity index (χ1) is 19.6. The van der Waals surface area contributed by atoms with E-state index >= 15 is 0 Å². The van der Waals surface area contributed by atoms with Crippen LogP contribution in [0.4, 0.5) is 11.4 Å². The van der Waals surface area contributed by atoms with Crippen LogP contribution in [-0.4, -0.2) is 4.98 Å². The minimum atomic E-state index is 0.697. The van der Waals surface area contributed by atoms with Crippen molar-refractivity contribution in [1.82, 2.24) is 15.6 Å². The van der Waals surface area contributed by atoms with Gasteiger partial charge in [0.1, 0.15) is 23.0 Å². The number of nitrogen functional groups attached to an aromatic ring is 2. The molecule has 40 heavy (non-hydrogen) atoms. The predicted molar refractivity (Wildman–Crippen MR) is 160 cm³/mol. The van der Waals surface area contributed by atoms with Crippen molar-refractivity contribution in [3.63, 3.8) is 0 Å². The second kappa shape index (κ2) is 13.3. The minimum absolute atomic E-state index is 0.697. The maximum Gasteiger partial charge on any atom is 0.127 e. The number of nitrogens with zero attached hydrogens (tertiary/aromatic N) is 1. The summed E-state index contributed by atoms with van der Waals surface area (Å²) in [5.74, 6) is 3.11. The molecule has 1 heterocycles. The molecule has 0 spiro atoms. The monoisotopic (exact) mass is 531 g/mol. The Kier molecular flexibility index (Phi) is 8.88. The summed E-state index contributed by atoms with van der Waals surface area (Å²) in [5, 5.41) is 6.92. The fourth-order valence-corrected chi connectivity index (χ4v) is 4.04. The van der Waals surface area contributed by atoms with Gasteiger partial charge in [0.2, 0.25) is 0 Å². The van der Waals surface area contributed by atoms with Crippen molar-refractivity contribution >= 4 is 11.4 Å². The molecule has 0 fully saturated rings. The molecule has 6 N–H and O–H groups in total. The molecule has 0 amide bonds. The number of rotatable bonds is 12. The van der Waals surface area contributed by atoms with E-state index < -0.39 is 0 Å². The highest BCUT2D eigenvalue weighted by atomic mass is 16.5. The van der Waals surface area contributed by atoms with E-state index in [0.29, 0.717) is 6.54 Å². The SMILES string of the molecule is Nc1ccc(Oc2ccc(CNCc3ccc(CNCc4ccc(Oc5ccc(N)cc5)cc4)nc3)cc2)cc1. The van der Waals surface area contributed by atoms with Crippen LogP contribution < -0.4 is 31.6 Å². The molecule has 5 aromatic rings. The summed E-state index contributed by atoms with van der Waals surface area (Å²) in [6, 6.07) is 35.0. The van der Waals surface area contributed by atoms with E-state index in [1.54, 1.807) is 0 Å². The molecule has 0 unspecified atom stereocenters. The van der Waals surface area contributed by atoms with Crippen LogP contribution in [0.3, 0.4) is 0 Å². The molecule has 0 aliphatic heterocycles. The molecule has 0 bridgehead atoms. The zero-order valence-corrected chi connectivity index (χ0v) is 22.2. The number of aromatic nitrogens is 1. The van der Waals surface area contributed by atoms with E-state index in [-0.39, 0.29) is 0 Å². The second-order valence-electron chi connectivity index (χ2n) is 9.49. The van der Waals surface area contributed by atoms with Crippen molar-refractivity contribution in [3.8, 4) is 23.0 Å². The van der Waals surface area contributed by atoms with Crippen LogP contribution in [0.25, 0.3) is 0 Å². The van der Waals surface area contributed by atoms with Gasteiger partial charge < -0.3 is 31.6 Å². The molecule has 5 rings (SSSR count). The highest BCUT2D eigenvalue weighted by Gasteiger charge is 2.02. The largest absolute Gasteiger partial charge is 0.457 e. The quantitative estimate of drug-likeness (QED) is 0.138. The number of ether oxygens (including phenoxy) is 2. The lowest BCUT2D eigenvalue weighted by molar-refractivity contribution is 0.482. The summed E-state index contributed by atoms with van der Waals surface area (Å²) >= 11 is 0. The van der Waals surface area contributed by atoms with Gasteiger partial charge in [-0.3, -0.25) is 4.98 Å². The Bertz CT molecular complexity index is 1350. The second-order valence-corrected chi connectivity index (χ2v) is 9.49. The summed E-state index contributed by atoms with van der Waals surface area (Å²) in [4.78, 5) is 4.60. The molecule has 0 saturated heterocycles. The van der Waals surface area contributed by atoms with Gasteiger partial charge in [0.25, 0.3) is 0 Å². The minimum Gasteiger partial charge on any atom is -0.457 e. The predicted octanol–water partition coefficient (Wildman–Crippen LogP) is 6.41. The molecule has 1 aromatic heterocycles. The molecule has 7 nitrogen and oxygen atoms in total. The van der Waals surface area contributed by atoms with Crippen molar-refractivity contribution in [2.75, 3.05) is 11.5 Å². The van der Waals surface area contributed by atoms with E-state index in [0.717, 1.165) is 65.3 Å². The Hall–Kier alpha value is -4.85. The van der Waals surface area contributed by atoms with Crippen LogP contribution in [0, 0.1) is 0 Å². The molecule has 0 aliphatic rings. The summed E-state index contributed by atoms with van der Waals surface area (Å²) in [5.41, 5.74) is 17.4. The van der Waals surface area contributed by atoms with Gasteiger partial charge in [0, 0.05) is 43.8 Å². The first-order valence-corrected chi connectivity index (χ1v) is 13.2. The topological polar surface area (TPSA) is 107 Å². The van der Waals surface area contributed by atoms with Gasteiger partial charge in [-0.05, 0) is 95.6 Å².